The summed E-state index contributed by atoms with van der Waals surface area (Å²) < 4.78 is 22.2. The molecule has 1 aromatic carbocycles. The highest BCUT2D eigenvalue weighted by molar-refractivity contribution is 5.88. The maximum absolute atomic E-state index is 11.9. The SMILES string of the molecule is CC(C)OC1(c2nc(-c3ccc(N4CCCOC4=O)cc3)no2)CCOC1. The van der Waals surface area contributed by atoms with E-state index >= 15 is 0 Å². The molecule has 2 saturated heterocycles. The molecule has 0 N–H and O–H groups in total. The fourth-order valence-electron chi connectivity index (χ4n) is 3.41. The molecular weight excluding hydrogens is 350 g/mol. The first-order valence-electron chi connectivity index (χ1n) is 9.22. The Labute approximate surface area is 157 Å². The van der Waals surface area contributed by atoms with Crippen molar-refractivity contribution in [2.45, 2.75) is 38.4 Å². The van der Waals surface area contributed by atoms with Crippen LogP contribution in [0.25, 0.3) is 11.4 Å². The van der Waals surface area contributed by atoms with E-state index in [1.807, 2.05) is 38.1 Å². The van der Waals surface area contributed by atoms with Crippen LogP contribution in [0.5, 0.6) is 0 Å². The zero-order valence-corrected chi connectivity index (χ0v) is 15.5. The molecule has 8 heteroatoms. The maximum Gasteiger partial charge on any atom is 0.414 e. The van der Waals surface area contributed by atoms with Gasteiger partial charge in [0, 0.05) is 24.2 Å². The smallest absolute Gasteiger partial charge is 0.414 e. The van der Waals surface area contributed by atoms with Crippen LogP contribution < -0.4 is 4.90 Å². The van der Waals surface area contributed by atoms with Gasteiger partial charge in [-0.2, -0.15) is 4.98 Å². The normalized spacial score (nSPS) is 23.1. The largest absolute Gasteiger partial charge is 0.449 e. The second kappa shape index (κ2) is 7.28. The Bertz CT molecular complexity index is 796. The third kappa shape index (κ3) is 3.54. The Hall–Kier alpha value is -2.45. The predicted octanol–water partition coefficient (Wildman–Crippen LogP) is 3.12. The van der Waals surface area contributed by atoms with Gasteiger partial charge in [0.25, 0.3) is 5.89 Å². The minimum Gasteiger partial charge on any atom is -0.449 e. The number of hydrogen-bond donors (Lipinski definition) is 0. The van der Waals surface area contributed by atoms with Gasteiger partial charge in [-0.3, -0.25) is 4.90 Å². The second-order valence-electron chi connectivity index (χ2n) is 7.05. The Morgan fingerprint density at radius 3 is 2.70 bits per heavy atom. The topological polar surface area (TPSA) is 86.9 Å². The maximum atomic E-state index is 11.9. The van der Waals surface area contributed by atoms with E-state index in [1.165, 1.54) is 0 Å². The van der Waals surface area contributed by atoms with Crippen LogP contribution in [-0.2, 0) is 19.8 Å². The molecule has 4 rings (SSSR count). The van der Waals surface area contributed by atoms with Gasteiger partial charge in [-0.1, -0.05) is 5.16 Å². The molecule has 144 valence electrons. The molecule has 0 aliphatic carbocycles. The van der Waals surface area contributed by atoms with Crippen LogP contribution in [0.3, 0.4) is 0 Å². The lowest BCUT2D eigenvalue weighted by atomic mass is 10.0. The van der Waals surface area contributed by atoms with Crippen molar-refractivity contribution in [1.82, 2.24) is 10.1 Å². The third-order valence-corrected chi connectivity index (χ3v) is 4.67. The van der Waals surface area contributed by atoms with Crippen LogP contribution in [0.15, 0.2) is 28.8 Å². The minimum atomic E-state index is -0.684. The molecule has 0 saturated carbocycles. The number of cyclic esters (lactones) is 1. The van der Waals surface area contributed by atoms with E-state index in [1.54, 1.807) is 4.90 Å². The van der Waals surface area contributed by atoms with E-state index in [-0.39, 0.29) is 12.2 Å². The van der Waals surface area contributed by atoms with Gasteiger partial charge in [-0.15, -0.1) is 0 Å². The van der Waals surface area contributed by atoms with Crippen LogP contribution in [0.2, 0.25) is 0 Å². The summed E-state index contributed by atoms with van der Waals surface area (Å²) >= 11 is 0. The average Bonchev–Trinajstić information content (AvgIpc) is 3.32. The fraction of sp³-hybridized carbons (Fsp3) is 0.526. The van der Waals surface area contributed by atoms with Crippen LogP contribution in [0.4, 0.5) is 10.5 Å². The first-order chi connectivity index (χ1) is 13.1. The molecule has 2 aliphatic heterocycles. The minimum absolute atomic E-state index is 0.0191. The lowest BCUT2D eigenvalue weighted by molar-refractivity contribution is -0.104. The van der Waals surface area contributed by atoms with Crippen molar-refractivity contribution in [3.8, 4) is 11.4 Å². The van der Waals surface area contributed by atoms with Crippen molar-refractivity contribution in [1.29, 1.82) is 0 Å². The highest BCUT2D eigenvalue weighted by Crippen LogP contribution is 2.35. The molecule has 1 unspecified atom stereocenters. The Balaban J connectivity index is 1.55. The van der Waals surface area contributed by atoms with Gasteiger partial charge in [0.05, 0.1) is 25.9 Å². The molecule has 1 aromatic heterocycles. The van der Waals surface area contributed by atoms with Crippen molar-refractivity contribution >= 4 is 11.8 Å². The first kappa shape index (κ1) is 17.9. The molecule has 8 nitrogen and oxygen atoms in total. The number of hydrogen-bond acceptors (Lipinski definition) is 7. The Kier molecular flexibility index (Phi) is 4.84. The predicted molar refractivity (Wildman–Crippen MR) is 96.4 cm³/mol. The summed E-state index contributed by atoms with van der Waals surface area (Å²) in [5.74, 6) is 0.920. The summed E-state index contributed by atoms with van der Waals surface area (Å²) in [7, 11) is 0. The summed E-state index contributed by atoms with van der Waals surface area (Å²) in [4.78, 5) is 18.0. The van der Waals surface area contributed by atoms with Crippen molar-refractivity contribution in [2.24, 2.45) is 0 Å². The number of rotatable bonds is 5. The van der Waals surface area contributed by atoms with Gasteiger partial charge in [-0.25, -0.2) is 4.79 Å². The standard InChI is InChI=1S/C19H23N3O5/c1-13(2)26-19(8-11-24-12-19)17-20-16(21-27-17)14-4-6-15(7-5-14)22-9-3-10-25-18(22)23/h4-7,13H,3,8-12H2,1-2H3. The van der Waals surface area contributed by atoms with Gasteiger partial charge in [0.1, 0.15) is 0 Å². The van der Waals surface area contributed by atoms with E-state index < -0.39 is 5.60 Å². The summed E-state index contributed by atoms with van der Waals surface area (Å²) in [6.45, 7) is 6.08. The highest BCUT2D eigenvalue weighted by Gasteiger charge is 2.44. The molecule has 3 heterocycles. The van der Waals surface area contributed by atoms with Gasteiger partial charge in [-0.05, 0) is 44.5 Å². The third-order valence-electron chi connectivity index (χ3n) is 4.67. The van der Waals surface area contributed by atoms with E-state index in [0.717, 1.165) is 17.7 Å². The molecule has 0 bridgehead atoms. The second-order valence-corrected chi connectivity index (χ2v) is 7.05. The average molecular weight is 373 g/mol. The van der Waals surface area contributed by atoms with E-state index in [0.29, 0.717) is 44.5 Å². The number of amides is 1. The molecule has 1 atom stereocenters. The van der Waals surface area contributed by atoms with Crippen LogP contribution >= 0.6 is 0 Å². The summed E-state index contributed by atoms with van der Waals surface area (Å²) in [6, 6.07) is 7.45. The van der Waals surface area contributed by atoms with Crippen molar-refractivity contribution < 1.29 is 23.5 Å². The van der Waals surface area contributed by atoms with Gasteiger partial charge in [0.2, 0.25) is 5.82 Å². The first-order valence-corrected chi connectivity index (χ1v) is 9.22. The van der Waals surface area contributed by atoms with E-state index in [4.69, 9.17) is 18.7 Å². The lowest BCUT2D eigenvalue weighted by Crippen LogP contribution is -2.37. The zero-order chi connectivity index (χ0) is 18.9. The highest BCUT2D eigenvalue weighted by atomic mass is 16.6. The summed E-state index contributed by atoms with van der Waals surface area (Å²) in [6.07, 6.45) is 1.21. The number of benzene rings is 1. The number of anilines is 1. The molecule has 2 aliphatic rings. The van der Waals surface area contributed by atoms with Gasteiger partial charge >= 0.3 is 6.09 Å². The molecular formula is C19H23N3O5. The number of carbonyl (C=O) groups is 1. The van der Waals surface area contributed by atoms with Crippen molar-refractivity contribution in [3.05, 3.63) is 30.2 Å². The molecule has 27 heavy (non-hydrogen) atoms. The van der Waals surface area contributed by atoms with Gasteiger partial charge in [0.15, 0.2) is 5.60 Å². The number of aromatic nitrogens is 2. The molecule has 2 fully saturated rings. The van der Waals surface area contributed by atoms with E-state index in [9.17, 15) is 4.79 Å². The summed E-state index contributed by atoms with van der Waals surface area (Å²) in [5, 5.41) is 4.11. The van der Waals surface area contributed by atoms with Crippen LogP contribution in [-0.4, -0.2) is 48.7 Å². The lowest BCUT2D eigenvalue weighted by Gasteiger charge is -2.26. The Morgan fingerprint density at radius 1 is 1.22 bits per heavy atom. The van der Waals surface area contributed by atoms with Gasteiger partial charge < -0.3 is 18.7 Å². The molecule has 0 spiro atoms. The van der Waals surface area contributed by atoms with E-state index in [2.05, 4.69) is 10.1 Å². The molecule has 0 radical (unpaired) electrons. The van der Waals surface area contributed by atoms with Crippen LogP contribution in [0, 0.1) is 0 Å². The number of nitrogens with zero attached hydrogens (tertiary/aromatic N) is 3. The molecule has 2 aromatic rings. The Morgan fingerprint density at radius 2 is 2.04 bits per heavy atom. The summed E-state index contributed by atoms with van der Waals surface area (Å²) in [5.41, 5.74) is 0.908. The quantitative estimate of drug-likeness (QED) is 0.796. The molecule has 1 amide bonds. The van der Waals surface area contributed by atoms with Crippen molar-refractivity contribution in [3.63, 3.8) is 0 Å². The zero-order valence-electron chi connectivity index (χ0n) is 15.5. The fourth-order valence-corrected chi connectivity index (χ4v) is 3.41. The van der Waals surface area contributed by atoms with Crippen LogP contribution in [0.1, 0.15) is 32.6 Å². The number of ether oxygens (including phenoxy) is 3. The van der Waals surface area contributed by atoms with Crippen molar-refractivity contribution in [2.75, 3.05) is 31.3 Å². The monoisotopic (exact) mass is 373 g/mol. The number of carbonyl (C=O) groups excluding carboxylic acids is 1.